The Hall–Kier alpha value is -1.35. The van der Waals surface area contributed by atoms with Crippen LogP contribution in [0.4, 0.5) is 4.39 Å². The molecule has 1 aromatic carbocycles. The van der Waals surface area contributed by atoms with Gasteiger partial charge in [0.15, 0.2) is 0 Å². The Labute approximate surface area is 101 Å². The van der Waals surface area contributed by atoms with E-state index in [0.29, 0.717) is 6.54 Å². The van der Waals surface area contributed by atoms with Gasteiger partial charge in [0, 0.05) is 17.1 Å². The number of aryl methyl sites for hydroxylation is 1. The van der Waals surface area contributed by atoms with E-state index in [4.69, 9.17) is 5.73 Å². The molecule has 1 heterocycles. The zero-order valence-electron chi connectivity index (χ0n) is 10.4. The largest absolute Gasteiger partial charge is 0.340 e. The van der Waals surface area contributed by atoms with Gasteiger partial charge < -0.3 is 10.3 Å². The Morgan fingerprint density at radius 2 is 2.12 bits per heavy atom. The maximum absolute atomic E-state index is 13.9. The number of rotatable bonds is 4. The average molecular weight is 234 g/mol. The van der Waals surface area contributed by atoms with Crippen LogP contribution < -0.4 is 5.73 Å². The standard InChI is InChI=1S/C14H19FN2/c1-10(2)17-12(6-4-8-16)9-11-5-3-7-13(15)14(11)17/h3,5,7,9-10H,4,6,8,16H2,1-2H3. The van der Waals surface area contributed by atoms with Crippen molar-refractivity contribution in [1.82, 2.24) is 4.57 Å². The molecule has 0 aliphatic carbocycles. The van der Waals surface area contributed by atoms with E-state index in [2.05, 4.69) is 24.5 Å². The van der Waals surface area contributed by atoms with Gasteiger partial charge >= 0.3 is 0 Å². The van der Waals surface area contributed by atoms with E-state index < -0.39 is 0 Å². The van der Waals surface area contributed by atoms with Gasteiger partial charge in [-0.1, -0.05) is 12.1 Å². The summed E-state index contributed by atoms with van der Waals surface area (Å²) in [4.78, 5) is 0. The third-order valence-corrected chi connectivity index (χ3v) is 3.04. The fraction of sp³-hybridized carbons (Fsp3) is 0.429. The number of halogens is 1. The van der Waals surface area contributed by atoms with Crippen LogP contribution in [0.2, 0.25) is 0 Å². The number of para-hydroxylation sites is 1. The van der Waals surface area contributed by atoms with Gasteiger partial charge in [0.05, 0.1) is 5.52 Å². The van der Waals surface area contributed by atoms with E-state index in [1.807, 2.05) is 6.07 Å². The predicted molar refractivity (Wildman–Crippen MR) is 69.7 cm³/mol. The van der Waals surface area contributed by atoms with Crippen molar-refractivity contribution in [2.75, 3.05) is 6.54 Å². The van der Waals surface area contributed by atoms with E-state index in [1.54, 1.807) is 6.07 Å². The van der Waals surface area contributed by atoms with Crippen LogP contribution in [0.25, 0.3) is 10.9 Å². The summed E-state index contributed by atoms with van der Waals surface area (Å²) in [7, 11) is 0. The van der Waals surface area contributed by atoms with Gasteiger partial charge in [0.2, 0.25) is 0 Å². The van der Waals surface area contributed by atoms with Gasteiger partial charge in [0.25, 0.3) is 0 Å². The molecule has 2 aromatic rings. The maximum atomic E-state index is 13.9. The van der Waals surface area contributed by atoms with Crippen molar-refractivity contribution >= 4 is 10.9 Å². The molecule has 2 N–H and O–H groups in total. The van der Waals surface area contributed by atoms with Gasteiger partial charge in [-0.3, -0.25) is 0 Å². The Kier molecular flexibility index (Phi) is 3.48. The van der Waals surface area contributed by atoms with Crippen LogP contribution >= 0.6 is 0 Å². The third-order valence-electron chi connectivity index (χ3n) is 3.04. The van der Waals surface area contributed by atoms with E-state index in [-0.39, 0.29) is 11.9 Å². The van der Waals surface area contributed by atoms with E-state index in [1.165, 1.54) is 11.8 Å². The molecule has 0 unspecified atom stereocenters. The summed E-state index contributed by atoms with van der Waals surface area (Å²) in [6.45, 7) is 4.83. The van der Waals surface area contributed by atoms with Crippen LogP contribution in [-0.2, 0) is 6.42 Å². The molecule has 0 radical (unpaired) electrons. The summed E-state index contributed by atoms with van der Waals surface area (Å²) in [5.74, 6) is -0.143. The number of benzene rings is 1. The molecule has 3 heteroatoms. The summed E-state index contributed by atoms with van der Waals surface area (Å²) in [5, 5.41) is 0.978. The molecule has 0 atom stereocenters. The smallest absolute Gasteiger partial charge is 0.147 e. The van der Waals surface area contributed by atoms with Crippen LogP contribution in [0.1, 0.15) is 32.0 Å². The highest BCUT2D eigenvalue weighted by molar-refractivity contribution is 5.82. The minimum atomic E-state index is -0.143. The molecular weight excluding hydrogens is 215 g/mol. The molecule has 0 amide bonds. The molecule has 0 fully saturated rings. The van der Waals surface area contributed by atoms with E-state index >= 15 is 0 Å². The lowest BCUT2D eigenvalue weighted by Gasteiger charge is -2.14. The summed E-state index contributed by atoms with van der Waals surface area (Å²) >= 11 is 0. The van der Waals surface area contributed by atoms with Gasteiger partial charge in [-0.25, -0.2) is 4.39 Å². The lowest BCUT2D eigenvalue weighted by Crippen LogP contribution is -2.08. The second-order valence-electron chi connectivity index (χ2n) is 4.67. The minimum absolute atomic E-state index is 0.143. The molecule has 0 aliphatic heterocycles. The van der Waals surface area contributed by atoms with Gasteiger partial charge in [-0.2, -0.15) is 0 Å². The first-order valence-electron chi connectivity index (χ1n) is 6.13. The zero-order chi connectivity index (χ0) is 12.4. The number of fused-ring (bicyclic) bond motifs is 1. The molecule has 0 aliphatic rings. The Morgan fingerprint density at radius 1 is 1.35 bits per heavy atom. The first-order chi connectivity index (χ1) is 8.15. The van der Waals surface area contributed by atoms with Crippen LogP contribution in [0, 0.1) is 5.82 Å². The van der Waals surface area contributed by atoms with Gasteiger partial charge in [-0.15, -0.1) is 0 Å². The topological polar surface area (TPSA) is 30.9 Å². The van der Waals surface area contributed by atoms with Gasteiger partial charge in [-0.05, 0) is 45.4 Å². The number of hydrogen-bond donors (Lipinski definition) is 1. The molecule has 0 bridgehead atoms. The first-order valence-corrected chi connectivity index (χ1v) is 6.13. The molecule has 17 heavy (non-hydrogen) atoms. The maximum Gasteiger partial charge on any atom is 0.147 e. The van der Waals surface area contributed by atoms with Crippen LogP contribution in [-0.4, -0.2) is 11.1 Å². The van der Waals surface area contributed by atoms with Crippen molar-refractivity contribution in [2.24, 2.45) is 5.73 Å². The fourth-order valence-corrected chi connectivity index (χ4v) is 2.36. The number of nitrogens with two attached hydrogens (primary N) is 1. The molecular formula is C14H19FN2. The Bertz CT molecular complexity index is 514. The molecule has 0 spiro atoms. The predicted octanol–water partition coefficient (Wildman–Crippen LogP) is 3.25. The molecule has 0 saturated carbocycles. The highest BCUT2D eigenvalue weighted by Gasteiger charge is 2.13. The Balaban J connectivity index is 2.59. The summed E-state index contributed by atoms with van der Waals surface area (Å²) in [5.41, 5.74) is 7.43. The minimum Gasteiger partial charge on any atom is -0.340 e. The lowest BCUT2D eigenvalue weighted by atomic mass is 10.2. The first kappa shape index (κ1) is 12.1. The summed E-state index contributed by atoms with van der Waals surface area (Å²) < 4.78 is 16.0. The third kappa shape index (κ3) is 2.20. The van der Waals surface area contributed by atoms with Crippen molar-refractivity contribution in [1.29, 1.82) is 0 Å². The van der Waals surface area contributed by atoms with Crippen molar-refractivity contribution in [2.45, 2.75) is 32.7 Å². The number of hydrogen-bond acceptors (Lipinski definition) is 1. The van der Waals surface area contributed by atoms with Crippen molar-refractivity contribution in [3.63, 3.8) is 0 Å². The second kappa shape index (κ2) is 4.88. The lowest BCUT2D eigenvalue weighted by molar-refractivity contribution is 0.566. The second-order valence-corrected chi connectivity index (χ2v) is 4.67. The molecule has 92 valence electrons. The molecule has 2 rings (SSSR count). The summed E-state index contributed by atoms with van der Waals surface area (Å²) in [6, 6.07) is 7.58. The summed E-state index contributed by atoms with van der Waals surface area (Å²) in [6.07, 6.45) is 1.84. The zero-order valence-corrected chi connectivity index (χ0v) is 10.4. The normalized spacial score (nSPS) is 11.6. The quantitative estimate of drug-likeness (QED) is 0.865. The molecule has 0 saturated heterocycles. The fourth-order valence-electron chi connectivity index (χ4n) is 2.36. The van der Waals surface area contributed by atoms with Crippen molar-refractivity contribution in [3.8, 4) is 0 Å². The number of aromatic nitrogens is 1. The van der Waals surface area contributed by atoms with Gasteiger partial charge in [0.1, 0.15) is 5.82 Å². The monoisotopic (exact) mass is 234 g/mol. The number of nitrogens with zero attached hydrogens (tertiary/aromatic N) is 1. The van der Waals surface area contributed by atoms with E-state index in [9.17, 15) is 4.39 Å². The Morgan fingerprint density at radius 3 is 2.76 bits per heavy atom. The van der Waals surface area contributed by atoms with Crippen molar-refractivity contribution in [3.05, 3.63) is 35.8 Å². The molecule has 2 nitrogen and oxygen atoms in total. The van der Waals surface area contributed by atoms with Crippen LogP contribution in [0.15, 0.2) is 24.3 Å². The van der Waals surface area contributed by atoms with Crippen LogP contribution in [0.3, 0.4) is 0 Å². The molecule has 1 aromatic heterocycles. The SMILES string of the molecule is CC(C)n1c(CCCN)cc2cccc(F)c21. The average Bonchev–Trinajstić information content (AvgIpc) is 2.66. The van der Waals surface area contributed by atoms with E-state index in [0.717, 1.165) is 23.7 Å². The van der Waals surface area contributed by atoms with Crippen LogP contribution in [0.5, 0.6) is 0 Å². The van der Waals surface area contributed by atoms with Crippen molar-refractivity contribution < 1.29 is 4.39 Å². The highest BCUT2D eigenvalue weighted by atomic mass is 19.1. The highest BCUT2D eigenvalue weighted by Crippen LogP contribution is 2.27.